The van der Waals surface area contributed by atoms with Gasteiger partial charge in [-0.15, -0.1) is 0 Å². The van der Waals surface area contributed by atoms with Crippen LogP contribution in [0, 0.1) is 0 Å². The van der Waals surface area contributed by atoms with E-state index in [0.717, 1.165) is 30.5 Å². The van der Waals surface area contributed by atoms with Crippen LogP contribution in [0.15, 0.2) is 78.3 Å². The molecule has 0 saturated heterocycles. The van der Waals surface area contributed by atoms with Crippen LogP contribution in [-0.4, -0.2) is 34.4 Å². The van der Waals surface area contributed by atoms with Crippen LogP contribution >= 0.6 is 0 Å². The minimum absolute atomic E-state index is 0.0615. The van der Waals surface area contributed by atoms with Gasteiger partial charge in [0.25, 0.3) is 0 Å². The summed E-state index contributed by atoms with van der Waals surface area (Å²) in [4.78, 5) is 17.1. The molecule has 4 aromatic rings. The van der Waals surface area contributed by atoms with E-state index in [4.69, 9.17) is 4.74 Å². The van der Waals surface area contributed by atoms with Crippen molar-refractivity contribution in [2.45, 2.75) is 37.1 Å². The first-order chi connectivity index (χ1) is 17.5. The van der Waals surface area contributed by atoms with Crippen LogP contribution in [0.2, 0.25) is 0 Å². The summed E-state index contributed by atoms with van der Waals surface area (Å²) in [7, 11) is -3.49. The second-order valence-corrected chi connectivity index (χ2v) is 10.0. The van der Waals surface area contributed by atoms with Gasteiger partial charge in [0.1, 0.15) is 17.9 Å². The Morgan fingerprint density at radius 1 is 0.889 bits per heavy atom. The van der Waals surface area contributed by atoms with Gasteiger partial charge in [-0.25, -0.2) is 28.1 Å². The molecule has 0 atom stereocenters. The van der Waals surface area contributed by atoms with Crippen LogP contribution in [-0.2, 0) is 16.4 Å². The highest BCUT2D eigenvalue weighted by molar-refractivity contribution is 7.89. The minimum Gasteiger partial charge on any atom is -0.454 e. The Kier molecular flexibility index (Phi) is 6.74. The number of nitrogens with one attached hydrogen (secondary N) is 3. The van der Waals surface area contributed by atoms with Crippen LogP contribution < -0.4 is 20.1 Å². The molecule has 0 amide bonds. The average Bonchev–Trinajstić information content (AvgIpc) is 3.70. The van der Waals surface area contributed by atoms with Crippen molar-refractivity contribution in [1.29, 1.82) is 0 Å². The van der Waals surface area contributed by atoms with Crippen LogP contribution in [0.1, 0.15) is 25.3 Å². The van der Waals surface area contributed by atoms with E-state index in [9.17, 15) is 8.42 Å². The van der Waals surface area contributed by atoms with E-state index in [1.807, 2.05) is 31.2 Å². The fourth-order valence-electron chi connectivity index (χ4n) is 3.39. The molecule has 2 aromatic carbocycles. The van der Waals surface area contributed by atoms with Gasteiger partial charge in [0.15, 0.2) is 5.75 Å². The number of rotatable bonds is 10. The molecule has 0 aliphatic heterocycles. The highest BCUT2D eigenvalue weighted by atomic mass is 32.2. The SMILES string of the molecule is CCc1cnc(Nc2ccc(S(=O)(=O)NC3CC3)cc2)nc1Nc1ccc(Oc2cncnc2)cc1. The molecule has 1 aliphatic carbocycles. The molecular weight excluding hydrogens is 478 g/mol. The number of aryl methyl sites for hydroxylation is 1. The molecule has 0 spiro atoms. The molecule has 2 heterocycles. The molecule has 3 N–H and O–H groups in total. The average molecular weight is 504 g/mol. The smallest absolute Gasteiger partial charge is 0.240 e. The minimum atomic E-state index is -3.49. The van der Waals surface area contributed by atoms with Gasteiger partial charge in [-0.2, -0.15) is 4.98 Å². The van der Waals surface area contributed by atoms with Gasteiger partial charge in [0.05, 0.1) is 17.3 Å². The first-order valence-corrected chi connectivity index (χ1v) is 13.0. The van der Waals surface area contributed by atoms with Gasteiger partial charge in [-0.1, -0.05) is 6.92 Å². The monoisotopic (exact) mass is 503 g/mol. The Morgan fingerprint density at radius 2 is 1.56 bits per heavy atom. The van der Waals surface area contributed by atoms with E-state index in [1.54, 1.807) is 42.9 Å². The Hall–Kier alpha value is -4.09. The zero-order chi connectivity index (χ0) is 25.0. The number of ether oxygens (including phenoxy) is 1. The molecule has 1 aliphatic rings. The fraction of sp³-hybridized carbons (Fsp3) is 0.200. The lowest BCUT2D eigenvalue weighted by Crippen LogP contribution is -2.25. The predicted octanol–water partition coefficient (Wildman–Crippen LogP) is 4.55. The summed E-state index contributed by atoms with van der Waals surface area (Å²) in [6.45, 7) is 2.03. The van der Waals surface area contributed by atoms with Crippen molar-refractivity contribution in [2.75, 3.05) is 10.6 Å². The van der Waals surface area contributed by atoms with Crippen LogP contribution in [0.3, 0.4) is 0 Å². The van der Waals surface area contributed by atoms with Crippen molar-refractivity contribution < 1.29 is 13.2 Å². The first-order valence-electron chi connectivity index (χ1n) is 11.5. The zero-order valence-corrected chi connectivity index (χ0v) is 20.4. The standard InChI is InChI=1S/C25H25N7O3S/c1-2-17-13-28-25(30-19-7-11-23(12-8-19)36(33,34)32-20-3-4-20)31-24(17)29-18-5-9-21(10-6-18)35-22-14-26-16-27-15-22/h5-16,20,32H,2-4H2,1H3,(H2,28,29,30,31). The van der Waals surface area contributed by atoms with Gasteiger partial charge in [-0.3, -0.25) is 0 Å². The third-order valence-electron chi connectivity index (χ3n) is 5.46. The summed E-state index contributed by atoms with van der Waals surface area (Å²) in [5.41, 5.74) is 2.47. The third-order valence-corrected chi connectivity index (χ3v) is 6.99. The Balaban J connectivity index is 1.27. The third kappa shape index (κ3) is 5.93. The molecule has 0 bridgehead atoms. The lowest BCUT2D eigenvalue weighted by molar-refractivity contribution is 0.477. The van der Waals surface area contributed by atoms with Gasteiger partial charge in [-0.05, 0) is 67.8 Å². The van der Waals surface area contributed by atoms with Crippen LogP contribution in [0.4, 0.5) is 23.1 Å². The number of nitrogens with zero attached hydrogens (tertiary/aromatic N) is 4. The topological polar surface area (TPSA) is 131 Å². The lowest BCUT2D eigenvalue weighted by Gasteiger charge is -2.13. The summed E-state index contributed by atoms with van der Waals surface area (Å²) in [5.74, 6) is 2.29. The quantitative estimate of drug-likeness (QED) is 0.285. The Bertz CT molecular complexity index is 1430. The maximum Gasteiger partial charge on any atom is 0.240 e. The van der Waals surface area contributed by atoms with Crippen molar-refractivity contribution >= 4 is 33.2 Å². The summed E-state index contributed by atoms with van der Waals surface area (Å²) >= 11 is 0. The van der Waals surface area contributed by atoms with E-state index >= 15 is 0 Å². The molecule has 2 aromatic heterocycles. The summed E-state index contributed by atoms with van der Waals surface area (Å²) in [5, 5.41) is 6.48. The van der Waals surface area contributed by atoms with Crippen molar-refractivity contribution in [2.24, 2.45) is 0 Å². The number of benzene rings is 2. The Morgan fingerprint density at radius 3 is 2.22 bits per heavy atom. The first kappa shape index (κ1) is 23.6. The van der Waals surface area contributed by atoms with Crippen LogP contribution in [0.25, 0.3) is 0 Å². The fourth-order valence-corrected chi connectivity index (χ4v) is 4.69. The molecule has 184 valence electrons. The lowest BCUT2D eigenvalue weighted by atomic mass is 10.2. The molecular formula is C25H25N7O3S. The van der Waals surface area contributed by atoms with E-state index in [-0.39, 0.29) is 10.9 Å². The highest BCUT2D eigenvalue weighted by Crippen LogP contribution is 2.26. The molecule has 36 heavy (non-hydrogen) atoms. The van der Waals surface area contributed by atoms with Crippen LogP contribution in [0.5, 0.6) is 11.5 Å². The molecule has 1 saturated carbocycles. The summed E-state index contributed by atoms with van der Waals surface area (Å²) in [6.07, 6.45) is 8.94. The predicted molar refractivity (Wildman–Crippen MR) is 136 cm³/mol. The van der Waals surface area contributed by atoms with Crippen molar-refractivity contribution in [3.63, 3.8) is 0 Å². The van der Waals surface area contributed by atoms with Gasteiger partial charge >= 0.3 is 0 Å². The van der Waals surface area contributed by atoms with Crippen molar-refractivity contribution in [3.8, 4) is 11.5 Å². The summed E-state index contributed by atoms with van der Waals surface area (Å²) < 4.78 is 33.2. The maximum atomic E-state index is 12.4. The Labute approximate surface area is 209 Å². The number of aromatic nitrogens is 4. The normalized spacial score (nSPS) is 13.2. The van der Waals surface area contributed by atoms with Gasteiger partial charge in [0.2, 0.25) is 16.0 Å². The molecule has 1 fully saturated rings. The van der Waals surface area contributed by atoms with Gasteiger partial charge < -0.3 is 15.4 Å². The molecule has 11 heteroatoms. The van der Waals surface area contributed by atoms with Gasteiger partial charge in [0, 0.05) is 29.2 Å². The molecule has 10 nitrogen and oxygen atoms in total. The second-order valence-electron chi connectivity index (χ2n) is 8.29. The number of anilines is 4. The van der Waals surface area contributed by atoms with E-state index in [0.29, 0.717) is 29.0 Å². The number of hydrogen-bond acceptors (Lipinski definition) is 9. The van der Waals surface area contributed by atoms with Crippen molar-refractivity contribution in [1.82, 2.24) is 24.7 Å². The van der Waals surface area contributed by atoms with E-state index in [1.165, 1.54) is 6.33 Å². The maximum absolute atomic E-state index is 12.4. The number of sulfonamides is 1. The highest BCUT2D eigenvalue weighted by Gasteiger charge is 2.27. The second kappa shape index (κ2) is 10.3. The zero-order valence-electron chi connectivity index (χ0n) is 19.5. The molecule has 0 radical (unpaired) electrons. The molecule has 5 rings (SSSR count). The van der Waals surface area contributed by atoms with Crippen molar-refractivity contribution in [3.05, 3.63) is 79.0 Å². The number of hydrogen-bond donors (Lipinski definition) is 3. The van der Waals surface area contributed by atoms with E-state index < -0.39 is 10.0 Å². The molecule has 0 unspecified atom stereocenters. The van der Waals surface area contributed by atoms with E-state index in [2.05, 4.69) is 35.3 Å². The largest absolute Gasteiger partial charge is 0.454 e. The summed E-state index contributed by atoms with van der Waals surface area (Å²) in [6, 6.07) is 14.1.